The average Bonchev–Trinajstić information content (AvgIpc) is 3.29. The van der Waals surface area contributed by atoms with Crippen LogP contribution in [0.5, 0.6) is 0 Å². The molecule has 0 radical (unpaired) electrons. The van der Waals surface area contributed by atoms with Gasteiger partial charge in [-0.2, -0.15) is 0 Å². The summed E-state index contributed by atoms with van der Waals surface area (Å²) in [6.45, 7) is 8.16. The largest absolute Gasteiger partial charge is 0.357 e. The molecule has 2 atom stereocenters. The highest BCUT2D eigenvalue weighted by Crippen LogP contribution is 2.27. The fourth-order valence-electron chi connectivity index (χ4n) is 3.91. The fourth-order valence-corrected chi connectivity index (χ4v) is 3.91. The fraction of sp³-hybridized carbons (Fsp3) is 0.522. The van der Waals surface area contributed by atoms with Crippen molar-refractivity contribution in [3.63, 3.8) is 0 Å². The van der Waals surface area contributed by atoms with E-state index in [1.165, 1.54) is 0 Å². The van der Waals surface area contributed by atoms with E-state index in [4.69, 9.17) is 4.99 Å². The molecule has 2 aromatic rings. The maximum atomic E-state index is 12.5. The molecule has 2 unspecified atom stereocenters. The van der Waals surface area contributed by atoms with Crippen LogP contribution in [-0.2, 0) is 11.3 Å². The van der Waals surface area contributed by atoms with Crippen LogP contribution >= 0.6 is 24.0 Å². The van der Waals surface area contributed by atoms with Crippen LogP contribution in [0.3, 0.4) is 0 Å². The summed E-state index contributed by atoms with van der Waals surface area (Å²) in [7, 11) is 1.85. The van der Waals surface area contributed by atoms with E-state index in [9.17, 15) is 4.79 Å². The van der Waals surface area contributed by atoms with Gasteiger partial charge in [0.1, 0.15) is 0 Å². The molecule has 1 fully saturated rings. The number of aliphatic imine (C=N–C) groups is 1. The highest BCUT2D eigenvalue weighted by Gasteiger charge is 2.28. The standard InChI is InChI=1S/C23H34N6O.HI/c1-4-25-23(28-14-11-19(2)21(17-28)29-15-13-24-18-29)26-12-10-22(30)27(3)16-20-8-6-5-7-9-20;/h5-9,13,15,18-19,21H,4,10-12,14,16-17H2,1-3H3,(H,25,26);1H. The Bertz CT molecular complexity index is 811. The summed E-state index contributed by atoms with van der Waals surface area (Å²) in [5.41, 5.74) is 1.14. The van der Waals surface area contributed by atoms with Crippen molar-refractivity contribution in [3.8, 4) is 0 Å². The Kier molecular flexibility index (Phi) is 10.3. The summed E-state index contributed by atoms with van der Waals surface area (Å²) >= 11 is 0. The number of benzene rings is 1. The van der Waals surface area contributed by atoms with E-state index in [1.54, 1.807) is 4.90 Å². The lowest BCUT2D eigenvalue weighted by molar-refractivity contribution is -0.130. The Morgan fingerprint density at radius 3 is 2.77 bits per heavy atom. The molecule has 1 aliphatic rings. The third-order valence-electron chi connectivity index (χ3n) is 5.74. The van der Waals surface area contributed by atoms with Crippen molar-refractivity contribution < 1.29 is 4.79 Å². The molecule has 2 heterocycles. The molecule has 3 rings (SSSR count). The predicted molar refractivity (Wildman–Crippen MR) is 136 cm³/mol. The first-order chi connectivity index (χ1) is 14.6. The third-order valence-corrected chi connectivity index (χ3v) is 5.74. The number of nitrogens with one attached hydrogen (secondary N) is 1. The average molecular weight is 538 g/mol. The van der Waals surface area contributed by atoms with Crippen molar-refractivity contribution in [1.29, 1.82) is 0 Å². The van der Waals surface area contributed by atoms with Crippen LogP contribution in [0.25, 0.3) is 0 Å². The van der Waals surface area contributed by atoms with Gasteiger partial charge in [0.2, 0.25) is 5.91 Å². The number of guanidine groups is 1. The molecule has 0 aliphatic carbocycles. The molecular formula is C23H35IN6O. The van der Waals surface area contributed by atoms with Crippen LogP contribution in [0.1, 0.15) is 38.3 Å². The SMILES string of the molecule is CCNC(=NCCC(=O)N(C)Cc1ccccc1)N1CCC(C)C(n2ccnc2)C1.I. The molecule has 8 heteroatoms. The molecule has 0 saturated carbocycles. The van der Waals surface area contributed by atoms with Crippen LogP contribution in [0, 0.1) is 5.92 Å². The van der Waals surface area contributed by atoms with Gasteiger partial charge in [-0.1, -0.05) is 37.3 Å². The number of nitrogens with zero attached hydrogens (tertiary/aromatic N) is 5. The summed E-state index contributed by atoms with van der Waals surface area (Å²) in [5, 5.41) is 3.40. The van der Waals surface area contributed by atoms with Crippen LogP contribution in [0.4, 0.5) is 0 Å². The molecule has 1 amide bonds. The molecule has 1 saturated heterocycles. The Morgan fingerprint density at radius 1 is 1.32 bits per heavy atom. The van der Waals surface area contributed by atoms with Gasteiger partial charge >= 0.3 is 0 Å². The number of imidazole rings is 1. The van der Waals surface area contributed by atoms with Crippen molar-refractivity contribution in [1.82, 2.24) is 24.7 Å². The Hall–Kier alpha value is -2.10. The summed E-state index contributed by atoms with van der Waals surface area (Å²) in [5.74, 6) is 1.60. The number of hydrogen-bond acceptors (Lipinski definition) is 3. The van der Waals surface area contributed by atoms with Crippen molar-refractivity contribution in [2.75, 3.05) is 33.2 Å². The van der Waals surface area contributed by atoms with E-state index < -0.39 is 0 Å². The second-order valence-electron chi connectivity index (χ2n) is 8.01. The zero-order valence-corrected chi connectivity index (χ0v) is 21.1. The van der Waals surface area contributed by atoms with Gasteiger partial charge in [-0.15, -0.1) is 24.0 Å². The lowest BCUT2D eigenvalue weighted by Crippen LogP contribution is -2.49. The number of aromatic nitrogens is 2. The summed E-state index contributed by atoms with van der Waals surface area (Å²) in [6, 6.07) is 10.4. The highest BCUT2D eigenvalue weighted by atomic mass is 127. The van der Waals surface area contributed by atoms with Crippen molar-refractivity contribution in [2.24, 2.45) is 10.9 Å². The van der Waals surface area contributed by atoms with E-state index in [0.717, 1.165) is 37.6 Å². The zero-order valence-electron chi connectivity index (χ0n) is 18.8. The van der Waals surface area contributed by atoms with Gasteiger partial charge in [-0.25, -0.2) is 4.98 Å². The van der Waals surface area contributed by atoms with Crippen molar-refractivity contribution >= 4 is 35.8 Å². The summed E-state index contributed by atoms with van der Waals surface area (Å²) in [4.78, 5) is 25.6. The normalized spacial score (nSPS) is 18.9. The number of carbonyl (C=O) groups is 1. The minimum absolute atomic E-state index is 0. The Balaban J connectivity index is 0.00000341. The lowest BCUT2D eigenvalue weighted by Gasteiger charge is -2.39. The molecule has 31 heavy (non-hydrogen) atoms. The second-order valence-corrected chi connectivity index (χ2v) is 8.01. The Labute approximate surface area is 203 Å². The van der Waals surface area contributed by atoms with E-state index in [-0.39, 0.29) is 29.9 Å². The quantitative estimate of drug-likeness (QED) is 0.334. The van der Waals surface area contributed by atoms with Gasteiger partial charge in [0.15, 0.2) is 5.96 Å². The monoisotopic (exact) mass is 538 g/mol. The number of amides is 1. The number of halogens is 1. The van der Waals surface area contributed by atoms with E-state index in [0.29, 0.717) is 31.5 Å². The molecule has 0 spiro atoms. The minimum atomic E-state index is 0. The zero-order chi connectivity index (χ0) is 21.3. The van der Waals surface area contributed by atoms with E-state index in [1.807, 2.05) is 56.1 Å². The van der Waals surface area contributed by atoms with Crippen molar-refractivity contribution in [2.45, 2.75) is 39.3 Å². The van der Waals surface area contributed by atoms with Crippen LogP contribution in [-0.4, -0.2) is 64.4 Å². The molecular weight excluding hydrogens is 503 g/mol. The first-order valence-electron chi connectivity index (χ1n) is 10.9. The first-order valence-corrected chi connectivity index (χ1v) is 10.9. The maximum Gasteiger partial charge on any atom is 0.224 e. The highest BCUT2D eigenvalue weighted by molar-refractivity contribution is 14.0. The van der Waals surface area contributed by atoms with Gasteiger partial charge in [-0.3, -0.25) is 9.79 Å². The van der Waals surface area contributed by atoms with Crippen LogP contribution in [0.2, 0.25) is 0 Å². The van der Waals surface area contributed by atoms with Crippen LogP contribution in [0.15, 0.2) is 54.0 Å². The number of rotatable bonds is 7. The second kappa shape index (κ2) is 12.7. The van der Waals surface area contributed by atoms with Gasteiger partial charge in [0.25, 0.3) is 0 Å². The lowest BCUT2D eigenvalue weighted by atomic mass is 9.93. The molecule has 0 bridgehead atoms. The topological polar surface area (TPSA) is 65.8 Å². The summed E-state index contributed by atoms with van der Waals surface area (Å²) < 4.78 is 2.20. The van der Waals surface area contributed by atoms with Gasteiger partial charge < -0.3 is 19.7 Å². The predicted octanol–water partition coefficient (Wildman–Crippen LogP) is 3.40. The Morgan fingerprint density at radius 2 is 2.10 bits per heavy atom. The van der Waals surface area contributed by atoms with Crippen molar-refractivity contribution in [3.05, 3.63) is 54.6 Å². The van der Waals surface area contributed by atoms with Gasteiger partial charge in [0.05, 0.1) is 18.9 Å². The number of likely N-dealkylation sites (tertiary alicyclic amines) is 1. The van der Waals surface area contributed by atoms with Gasteiger partial charge in [0, 0.05) is 52.0 Å². The molecule has 170 valence electrons. The molecule has 1 N–H and O–H groups in total. The minimum Gasteiger partial charge on any atom is -0.357 e. The number of hydrogen-bond donors (Lipinski definition) is 1. The molecule has 1 aliphatic heterocycles. The van der Waals surface area contributed by atoms with E-state index in [2.05, 4.69) is 33.6 Å². The van der Waals surface area contributed by atoms with Gasteiger partial charge in [-0.05, 0) is 24.8 Å². The summed E-state index contributed by atoms with van der Waals surface area (Å²) in [6.07, 6.45) is 7.29. The third kappa shape index (κ3) is 7.22. The first kappa shape index (κ1) is 25.2. The van der Waals surface area contributed by atoms with Crippen LogP contribution < -0.4 is 5.32 Å². The maximum absolute atomic E-state index is 12.5. The smallest absolute Gasteiger partial charge is 0.224 e. The number of carbonyl (C=O) groups excluding carboxylic acids is 1. The number of piperidine rings is 1. The molecule has 1 aromatic heterocycles. The van der Waals surface area contributed by atoms with E-state index >= 15 is 0 Å². The molecule has 7 nitrogen and oxygen atoms in total. The molecule has 1 aromatic carbocycles.